The van der Waals surface area contributed by atoms with Crippen molar-refractivity contribution in [2.24, 2.45) is 0 Å². The maximum atomic E-state index is 13.6. The van der Waals surface area contributed by atoms with E-state index in [0.29, 0.717) is 16.7 Å². The molecule has 0 spiro atoms. The molecule has 0 saturated carbocycles. The summed E-state index contributed by atoms with van der Waals surface area (Å²) in [7, 11) is 0. The van der Waals surface area contributed by atoms with E-state index in [0.717, 1.165) is 17.3 Å². The monoisotopic (exact) mass is 524 g/mol. The Labute approximate surface area is 217 Å². The van der Waals surface area contributed by atoms with Crippen molar-refractivity contribution in [1.29, 1.82) is 0 Å². The van der Waals surface area contributed by atoms with Crippen LogP contribution in [0, 0.1) is 0 Å². The number of anilines is 2. The van der Waals surface area contributed by atoms with E-state index in [1.807, 2.05) is 24.3 Å². The molecule has 0 saturated heterocycles. The number of nitrogens with zero attached hydrogens (tertiary/aromatic N) is 3. The molecule has 2 aromatic carbocycles. The molecule has 2 heterocycles. The molecule has 0 radical (unpaired) electrons. The molecule has 0 fully saturated rings. The van der Waals surface area contributed by atoms with Crippen LogP contribution in [0.25, 0.3) is 22.2 Å². The first-order valence-electron chi connectivity index (χ1n) is 11.9. The van der Waals surface area contributed by atoms with Gasteiger partial charge in [0.1, 0.15) is 12.4 Å². The Morgan fingerprint density at radius 3 is 2.39 bits per heavy atom. The highest BCUT2D eigenvalue weighted by Gasteiger charge is 2.34. The minimum atomic E-state index is -4.58. The molecule has 0 amide bonds. The van der Waals surface area contributed by atoms with Gasteiger partial charge in [-0.1, -0.05) is 39.0 Å². The summed E-state index contributed by atoms with van der Waals surface area (Å²) in [6.07, 6.45) is -4.37. The fourth-order valence-electron chi connectivity index (χ4n) is 3.81. The molecule has 10 heteroatoms. The quantitative estimate of drug-likeness (QED) is 0.276. The van der Waals surface area contributed by atoms with Crippen LogP contribution in [-0.2, 0) is 27.7 Å². The number of pyridine rings is 1. The number of carboxylic acid groups (broad SMARTS) is 1. The third kappa shape index (κ3) is 6.08. The van der Waals surface area contributed by atoms with Crippen LogP contribution in [0.15, 0.2) is 60.8 Å². The lowest BCUT2D eigenvalue weighted by molar-refractivity contribution is -0.150. The number of halogens is 3. The number of hydrogen-bond donors (Lipinski definition) is 2. The van der Waals surface area contributed by atoms with Crippen LogP contribution in [-0.4, -0.2) is 32.1 Å². The fraction of sp³-hybridized carbons (Fsp3) is 0.286. The lowest BCUT2D eigenvalue weighted by Crippen LogP contribution is -2.20. The van der Waals surface area contributed by atoms with E-state index in [1.54, 1.807) is 12.1 Å². The fourth-order valence-corrected chi connectivity index (χ4v) is 3.81. The van der Waals surface area contributed by atoms with Gasteiger partial charge in [-0.2, -0.15) is 13.2 Å². The first-order valence-corrected chi connectivity index (χ1v) is 11.9. The zero-order valence-corrected chi connectivity index (χ0v) is 21.3. The molecule has 0 aliphatic heterocycles. The Bertz CT molecular complexity index is 1470. The van der Waals surface area contributed by atoms with Crippen LogP contribution in [0.3, 0.4) is 0 Å². The molecule has 0 unspecified atom stereocenters. The Morgan fingerprint density at radius 2 is 1.76 bits per heavy atom. The Kier molecular flexibility index (Phi) is 7.37. The molecular weight excluding hydrogens is 497 g/mol. The van der Waals surface area contributed by atoms with Crippen molar-refractivity contribution in [2.75, 3.05) is 5.32 Å². The molecule has 2 N–H and O–H groups in total. The molecule has 4 aromatic rings. The average Bonchev–Trinajstić information content (AvgIpc) is 2.86. The van der Waals surface area contributed by atoms with Gasteiger partial charge in [0.15, 0.2) is 11.9 Å². The number of rotatable bonds is 7. The summed E-state index contributed by atoms with van der Waals surface area (Å²) in [6.45, 7) is 7.52. The van der Waals surface area contributed by atoms with Crippen LogP contribution in [0.1, 0.15) is 44.6 Å². The van der Waals surface area contributed by atoms with Gasteiger partial charge in [0.05, 0.1) is 16.8 Å². The second-order valence-electron chi connectivity index (χ2n) is 9.86. The Balaban J connectivity index is 1.78. The second kappa shape index (κ2) is 10.4. The van der Waals surface area contributed by atoms with Gasteiger partial charge in [-0.3, -0.25) is 4.98 Å². The first kappa shape index (κ1) is 27.0. The van der Waals surface area contributed by atoms with Crippen molar-refractivity contribution < 1.29 is 27.8 Å². The Morgan fingerprint density at radius 1 is 1.05 bits per heavy atom. The lowest BCUT2D eigenvalue weighted by Gasteiger charge is -2.19. The summed E-state index contributed by atoms with van der Waals surface area (Å²) in [4.78, 5) is 24.1. The highest BCUT2D eigenvalue weighted by Crippen LogP contribution is 2.37. The normalized spacial score (nSPS) is 12.9. The van der Waals surface area contributed by atoms with Crippen LogP contribution >= 0.6 is 0 Å². The minimum absolute atomic E-state index is 0.0252. The van der Waals surface area contributed by atoms with Crippen molar-refractivity contribution in [3.8, 4) is 11.3 Å². The van der Waals surface area contributed by atoms with E-state index < -0.39 is 23.8 Å². The van der Waals surface area contributed by atoms with Gasteiger partial charge >= 0.3 is 12.1 Å². The number of benzene rings is 2. The molecule has 1 atom stereocenters. The number of carbonyl (C=O) groups is 1. The van der Waals surface area contributed by atoms with E-state index in [9.17, 15) is 18.0 Å². The van der Waals surface area contributed by atoms with E-state index in [2.05, 4.69) is 41.0 Å². The van der Waals surface area contributed by atoms with Crippen LogP contribution in [0.4, 0.5) is 24.7 Å². The van der Waals surface area contributed by atoms with E-state index in [-0.39, 0.29) is 29.1 Å². The summed E-state index contributed by atoms with van der Waals surface area (Å²) in [5.41, 5.74) is 1.38. The standard InChI is InChI=1S/C28H27F3N4O3/c1-16(26(36)37)38-15-23-34-22-14-17(24-21(28(29,30)31)6-5-13-32-24)7-12-20(22)25(35-23)33-19-10-8-18(9-11-19)27(2,3)4/h5-14,16H,15H2,1-4H3,(H,36,37)(H,33,34,35)/t16-/m1/s1. The van der Waals surface area contributed by atoms with Gasteiger partial charge in [-0.25, -0.2) is 14.8 Å². The number of hydrogen-bond acceptors (Lipinski definition) is 6. The molecule has 0 aliphatic carbocycles. The van der Waals surface area contributed by atoms with Crippen molar-refractivity contribution in [3.05, 3.63) is 77.7 Å². The van der Waals surface area contributed by atoms with Crippen molar-refractivity contribution >= 4 is 28.4 Å². The molecule has 7 nitrogen and oxygen atoms in total. The molecule has 2 aromatic heterocycles. The maximum Gasteiger partial charge on any atom is 0.418 e. The van der Waals surface area contributed by atoms with Gasteiger partial charge in [-0.05, 0) is 54.3 Å². The van der Waals surface area contributed by atoms with Gasteiger partial charge in [-0.15, -0.1) is 0 Å². The van der Waals surface area contributed by atoms with E-state index >= 15 is 0 Å². The molecule has 0 aliphatic rings. The van der Waals surface area contributed by atoms with Crippen molar-refractivity contribution in [2.45, 2.75) is 52.0 Å². The molecular formula is C28H27F3N4O3. The zero-order chi connectivity index (χ0) is 27.7. The van der Waals surface area contributed by atoms with Crippen LogP contribution < -0.4 is 5.32 Å². The van der Waals surface area contributed by atoms with Crippen LogP contribution in [0.5, 0.6) is 0 Å². The van der Waals surface area contributed by atoms with E-state index in [1.165, 1.54) is 25.3 Å². The molecule has 0 bridgehead atoms. The van der Waals surface area contributed by atoms with Gasteiger partial charge in [0, 0.05) is 22.8 Å². The SMILES string of the molecule is C[C@@H](OCc1nc(Nc2ccc(C(C)(C)C)cc2)c2ccc(-c3ncccc3C(F)(F)F)cc2n1)C(=O)O. The predicted octanol–water partition coefficient (Wildman–Crippen LogP) is 6.74. The molecule has 4 rings (SSSR count). The third-order valence-electron chi connectivity index (χ3n) is 5.95. The average molecular weight is 525 g/mol. The summed E-state index contributed by atoms with van der Waals surface area (Å²) in [6, 6.07) is 14.7. The number of aliphatic carboxylic acids is 1. The first-order chi connectivity index (χ1) is 17.8. The molecule has 198 valence electrons. The van der Waals surface area contributed by atoms with Gasteiger partial charge in [0.25, 0.3) is 0 Å². The largest absolute Gasteiger partial charge is 0.479 e. The number of alkyl halides is 3. The number of fused-ring (bicyclic) bond motifs is 1. The van der Waals surface area contributed by atoms with E-state index in [4.69, 9.17) is 9.84 Å². The number of carboxylic acids is 1. The summed E-state index contributed by atoms with van der Waals surface area (Å²) in [5.74, 6) is -0.558. The highest BCUT2D eigenvalue weighted by molar-refractivity contribution is 5.93. The van der Waals surface area contributed by atoms with Crippen LogP contribution in [0.2, 0.25) is 0 Å². The smallest absolute Gasteiger partial charge is 0.418 e. The number of nitrogens with one attached hydrogen (secondary N) is 1. The van der Waals surface area contributed by atoms with Gasteiger partial charge in [0.2, 0.25) is 0 Å². The third-order valence-corrected chi connectivity index (χ3v) is 5.95. The van der Waals surface area contributed by atoms with Crippen molar-refractivity contribution in [3.63, 3.8) is 0 Å². The number of aromatic nitrogens is 3. The summed E-state index contributed by atoms with van der Waals surface area (Å²) < 4.78 is 46.2. The molecule has 38 heavy (non-hydrogen) atoms. The lowest BCUT2D eigenvalue weighted by atomic mass is 9.87. The van der Waals surface area contributed by atoms with Crippen molar-refractivity contribution in [1.82, 2.24) is 15.0 Å². The topological polar surface area (TPSA) is 97.2 Å². The predicted molar refractivity (Wildman–Crippen MR) is 138 cm³/mol. The number of ether oxygens (including phenoxy) is 1. The van der Waals surface area contributed by atoms with Gasteiger partial charge < -0.3 is 15.2 Å². The summed E-state index contributed by atoms with van der Waals surface area (Å²) in [5, 5.41) is 13.0. The Hall–Kier alpha value is -4.05. The maximum absolute atomic E-state index is 13.6. The summed E-state index contributed by atoms with van der Waals surface area (Å²) >= 11 is 0. The highest BCUT2D eigenvalue weighted by atomic mass is 19.4. The minimum Gasteiger partial charge on any atom is -0.479 e. The zero-order valence-electron chi connectivity index (χ0n) is 21.3. The second-order valence-corrected chi connectivity index (χ2v) is 9.86.